The second-order valence-electron chi connectivity index (χ2n) is 8.27. The minimum Gasteiger partial charge on any atom is -0.343 e. The van der Waals surface area contributed by atoms with Crippen LogP contribution in [0.25, 0.3) is 0 Å². The molecule has 1 fully saturated rings. The van der Waals surface area contributed by atoms with E-state index in [1.165, 1.54) is 12.1 Å². The number of nitriles is 1. The van der Waals surface area contributed by atoms with E-state index in [1.54, 1.807) is 0 Å². The van der Waals surface area contributed by atoms with Crippen LogP contribution in [0.5, 0.6) is 0 Å². The summed E-state index contributed by atoms with van der Waals surface area (Å²) in [6.07, 6.45) is 4.09. The first kappa shape index (κ1) is 29.5. The number of carbonyl (C=O) groups is 1. The molecular weight excluding hydrogens is 542 g/mol. The van der Waals surface area contributed by atoms with Gasteiger partial charge in [0.2, 0.25) is 26.0 Å². The molecule has 0 heterocycles. The van der Waals surface area contributed by atoms with Crippen molar-refractivity contribution in [2.24, 2.45) is 11.8 Å². The molecule has 0 saturated heterocycles. The van der Waals surface area contributed by atoms with Crippen molar-refractivity contribution in [3.63, 3.8) is 0 Å². The number of benzene rings is 1. The maximum absolute atomic E-state index is 14.7. The number of carbonyl (C=O) groups excluding carboxylic acids is 1. The minimum absolute atomic E-state index is 0.0392. The van der Waals surface area contributed by atoms with Gasteiger partial charge in [0.15, 0.2) is 9.84 Å². The van der Waals surface area contributed by atoms with Crippen LogP contribution in [0.3, 0.4) is 0 Å². The molecular formula is C20H28FN3O7S4. The lowest BCUT2D eigenvalue weighted by atomic mass is 9.80. The van der Waals surface area contributed by atoms with Crippen molar-refractivity contribution in [2.75, 3.05) is 37.1 Å². The third-order valence-corrected chi connectivity index (χ3v) is 11.9. The van der Waals surface area contributed by atoms with Crippen molar-refractivity contribution < 1.29 is 34.4 Å². The van der Waals surface area contributed by atoms with Gasteiger partial charge in [0, 0.05) is 23.1 Å². The SMILES string of the molecule is CS(=O)(=O)N(CCSc1ccc(S(=O)(=O)C[C@@H]2CCCC[C@H]2C(=O)NCC#N)cc1F)S(C)(=O)=O. The fourth-order valence-electron chi connectivity index (χ4n) is 3.99. The Hall–Kier alpha value is -1.73. The van der Waals surface area contributed by atoms with Gasteiger partial charge in [0.05, 0.1) is 29.2 Å². The Bertz CT molecular complexity index is 1260. The zero-order valence-electron chi connectivity index (χ0n) is 19.3. The standard InChI is InChI=1S/C20H28FN3O7S4/c1-33(26,27)24(34(2,28)29)11-12-32-19-8-7-16(13-18(19)21)35(30,31)14-15-5-3-4-6-17(15)20(25)23-10-9-22/h7-8,13,15,17H,3-6,10-12,14H2,1-2H3,(H,23,25)/t15-,17+/m0/s1. The number of hydrogen-bond donors (Lipinski definition) is 1. The molecule has 1 N–H and O–H groups in total. The molecule has 1 aromatic carbocycles. The molecule has 2 atom stereocenters. The maximum atomic E-state index is 14.7. The number of halogens is 1. The lowest BCUT2D eigenvalue weighted by Gasteiger charge is -2.30. The Morgan fingerprint density at radius 1 is 1.14 bits per heavy atom. The van der Waals surface area contributed by atoms with E-state index >= 15 is 0 Å². The molecule has 0 aromatic heterocycles. The molecule has 0 radical (unpaired) electrons. The molecule has 0 aliphatic heterocycles. The van der Waals surface area contributed by atoms with E-state index in [9.17, 15) is 34.4 Å². The molecule has 196 valence electrons. The van der Waals surface area contributed by atoms with Gasteiger partial charge in [-0.2, -0.15) is 5.26 Å². The minimum atomic E-state index is -4.03. The van der Waals surface area contributed by atoms with Crippen LogP contribution in [0.2, 0.25) is 0 Å². The van der Waals surface area contributed by atoms with Crippen LogP contribution < -0.4 is 5.32 Å². The normalized spacial score (nSPS) is 19.3. The van der Waals surface area contributed by atoms with Gasteiger partial charge in [-0.25, -0.2) is 29.6 Å². The molecule has 1 aliphatic carbocycles. The van der Waals surface area contributed by atoms with Gasteiger partial charge < -0.3 is 5.32 Å². The molecule has 1 aromatic rings. The smallest absolute Gasteiger partial charge is 0.224 e. The number of thioether (sulfide) groups is 1. The quantitative estimate of drug-likeness (QED) is 0.307. The number of hydrogen-bond acceptors (Lipinski definition) is 9. The number of sulfone groups is 1. The van der Waals surface area contributed by atoms with E-state index in [0.717, 1.165) is 43.2 Å². The monoisotopic (exact) mass is 569 g/mol. The summed E-state index contributed by atoms with van der Waals surface area (Å²) in [6, 6.07) is 5.17. The summed E-state index contributed by atoms with van der Waals surface area (Å²) in [7, 11) is -12.0. The molecule has 0 spiro atoms. The van der Waals surface area contributed by atoms with Crippen LogP contribution in [0.4, 0.5) is 4.39 Å². The Morgan fingerprint density at radius 2 is 1.77 bits per heavy atom. The average molecular weight is 570 g/mol. The summed E-state index contributed by atoms with van der Waals surface area (Å²) >= 11 is 0.855. The first-order chi connectivity index (χ1) is 16.2. The molecule has 1 amide bonds. The number of amides is 1. The van der Waals surface area contributed by atoms with E-state index in [1.807, 2.05) is 6.07 Å². The van der Waals surface area contributed by atoms with E-state index in [4.69, 9.17) is 5.26 Å². The Kier molecular flexibility index (Phi) is 10.1. The summed E-state index contributed by atoms with van der Waals surface area (Å²) in [5, 5.41) is 11.1. The van der Waals surface area contributed by atoms with Crippen molar-refractivity contribution >= 4 is 47.6 Å². The highest BCUT2D eigenvalue weighted by atomic mass is 32.3. The third-order valence-electron chi connectivity index (χ3n) is 5.55. The third kappa shape index (κ3) is 8.42. The van der Waals surface area contributed by atoms with Gasteiger partial charge in [-0.1, -0.05) is 16.6 Å². The molecule has 1 saturated carbocycles. The molecule has 35 heavy (non-hydrogen) atoms. The molecule has 0 bridgehead atoms. The van der Waals surface area contributed by atoms with Crippen LogP contribution in [-0.4, -0.2) is 72.0 Å². The van der Waals surface area contributed by atoms with Gasteiger partial charge in [-0.05, 0) is 37.0 Å². The van der Waals surface area contributed by atoms with Crippen molar-refractivity contribution in [1.82, 2.24) is 9.03 Å². The van der Waals surface area contributed by atoms with Crippen LogP contribution in [0, 0.1) is 29.0 Å². The van der Waals surface area contributed by atoms with Crippen molar-refractivity contribution in [2.45, 2.75) is 35.5 Å². The number of nitrogens with one attached hydrogen (secondary N) is 1. The predicted octanol–water partition coefficient (Wildman–Crippen LogP) is 1.36. The van der Waals surface area contributed by atoms with Gasteiger partial charge in [0.1, 0.15) is 12.4 Å². The van der Waals surface area contributed by atoms with Gasteiger partial charge >= 0.3 is 0 Å². The summed E-state index contributed by atoms with van der Waals surface area (Å²) < 4.78 is 87.6. The lowest BCUT2D eigenvalue weighted by Crippen LogP contribution is -2.39. The van der Waals surface area contributed by atoms with Crippen molar-refractivity contribution in [1.29, 1.82) is 5.26 Å². The average Bonchev–Trinajstić information content (AvgIpc) is 2.74. The largest absolute Gasteiger partial charge is 0.343 e. The fourth-order valence-corrected chi connectivity index (χ4v) is 9.60. The van der Waals surface area contributed by atoms with E-state index in [2.05, 4.69) is 5.32 Å². The van der Waals surface area contributed by atoms with Crippen LogP contribution >= 0.6 is 11.8 Å². The second kappa shape index (κ2) is 12.0. The van der Waals surface area contributed by atoms with Crippen LogP contribution in [0.1, 0.15) is 25.7 Å². The predicted molar refractivity (Wildman–Crippen MR) is 130 cm³/mol. The fraction of sp³-hybridized carbons (Fsp3) is 0.600. The molecule has 15 heteroatoms. The van der Waals surface area contributed by atoms with Crippen LogP contribution in [0.15, 0.2) is 28.0 Å². The maximum Gasteiger partial charge on any atom is 0.224 e. The number of sulfonamides is 2. The zero-order valence-corrected chi connectivity index (χ0v) is 22.6. The summed E-state index contributed by atoms with van der Waals surface area (Å²) in [5.41, 5.74) is 0. The van der Waals surface area contributed by atoms with Crippen molar-refractivity contribution in [3.8, 4) is 6.07 Å². The molecule has 2 rings (SSSR count). The van der Waals surface area contributed by atoms with Gasteiger partial charge in [0.25, 0.3) is 0 Å². The van der Waals surface area contributed by atoms with Gasteiger partial charge in [-0.3, -0.25) is 4.79 Å². The Labute approximate surface area is 210 Å². The zero-order chi connectivity index (χ0) is 26.4. The Morgan fingerprint density at radius 3 is 2.34 bits per heavy atom. The summed E-state index contributed by atoms with van der Waals surface area (Å²) in [5.74, 6) is -2.61. The van der Waals surface area contributed by atoms with E-state index < -0.39 is 54.1 Å². The molecule has 1 aliphatic rings. The second-order valence-corrected chi connectivity index (χ2v) is 15.5. The van der Waals surface area contributed by atoms with E-state index in [-0.39, 0.29) is 33.7 Å². The topological polar surface area (TPSA) is 159 Å². The van der Waals surface area contributed by atoms with Crippen LogP contribution in [-0.2, 0) is 34.7 Å². The summed E-state index contributed by atoms with van der Waals surface area (Å²) in [4.78, 5) is 12.2. The molecule has 0 unspecified atom stereocenters. The lowest BCUT2D eigenvalue weighted by molar-refractivity contribution is -0.127. The Balaban J connectivity index is 2.11. The van der Waals surface area contributed by atoms with Gasteiger partial charge in [-0.15, -0.1) is 11.8 Å². The molecule has 10 nitrogen and oxygen atoms in total. The highest BCUT2D eigenvalue weighted by Gasteiger charge is 2.34. The first-order valence-electron chi connectivity index (χ1n) is 10.6. The highest BCUT2D eigenvalue weighted by Crippen LogP contribution is 2.33. The van der Waals surface area contributed by atoms with Crippen molar-refractivity contribution in [3.05, 3.63) is 24.0 Å². The first-order valence-corrected chi connectivity index (χ1v) is 17.0. The summed E-state index contributed by atoms with van der Waals surface area (Å²) in [6.45, 7) is -0.565. The number of rotatable bonds is 11. The number of nitrogens with zero attached hydrogens (tertiary/aromatic N) is 2. The highest BCUT2D eigenvalue weighted by molar-refractivity contribution is 8.03. The van der Waals surface area contributed by atoms with E-state index in [0.29, 0.717) is 16.6 Å².